The molecule has 0 bridgehead atoms. The summed E-state index contributed by atoms with van der Waals surface area (Å²) in [5.41, 5.74) is 6.90. The van der Waals surface area contributed by atoms with Gasteiger partial charge in [0.25, 0.3) is 0 Å². The molecule has 0 radical (unpaired) electrons. The molecule has 1 aromatic carbocycles. The second-order valence-electron chi connectivity index (χ2n) is 2.61. The van der Waals surface area contributed by atoms with Gasteiger partial charge in [-0.2, -0.15) is 0 Å². The highest BCUT2D eigenvalue weighted by Gasteiger charge is 2.10. The van der Waals surface area contributed by atoms with Crippen molar-refractivity contribution in [3.05, 3.63) is 35.9 Å². The molecule has 1 rings (SSSR count). The van der Waals surface area contributed by atoms with Crippen LogP contribution < -0.4 is 5.73 Å². The maximum absolute atomic E-state index is 5.84. The maximum Gasteiger partial charge on any atom is 0.0500 e. The summed E-state index contributed by atoms with van der Waals surface area (Å²) in [6.45, 7) is 1.90. The third kappa shape index (κ3) is 2.21. The summed E-state index contributed by atoms with van der Waals surface area (Å²) in [4.78, 5) is 0. The maximum atomic E-state index is 5.84. The Morgan fingerprint density at radius 3 is 2.27 bits per heavy atom. The molecule has 2 heteroatoms. The molecule has 0 fully saturated rings. The molecule has 0 aromatic heterocycles. The van der Waals surface area contributed by atoms with Crippen LogP contribution in [0.25, 0.3) is 0 Å². The molecule has 2 N–H and O–H groups in total. The van der Waals surface area contributed by atoms with Gasteiger partial charge in [-0.25, -0.2) is 0 Å². The van der Waals surface area contributed by atoms with Crippen LogP contribution in [0.15, 0.2) is 30.3 Å². The van der Waals surface area contributed by atoms with E-state index in [1.54, 1.807) is 0 Å². The minimum absolute atomic E-state index is 0.0163. The number of hydrogen-bond acceptors (Lipinski definition) is 1. The minimum atomic E-state index is -0.0575. The van der Waals surface area contributed by atoms with Crippen LogP contribution >= 0.6 is 11.6 Å². The quantitative estimate of drug-likeness (QED) is 0.676. The van der Waals surface area contributed by atoms with Crippen molar-refractivity contribution in [1.29, 1.82) is 0 Å². The van der Waals surface area contributed by atoms with Gasteiger partial charge in [-0.3, -0.25) is 0 Å². The predicted molar refractivity (Wildman–Crippen MR) is 48.7 cm³/mol. The molecular formula is C9H12ClN. The molecule has 2 atom stereocenters. The van der Waals surface area contributed by atoms with E-state index in [1.807, 2.05) is 37.3 Å². The van der Waals surface area contributed by atoms with Gasteiger partial charge < -0.3 is 5.73 Å². The lowest BCUT2D eigenvalue weighted by atomic mass is 10.1. The van der Waals surface area contributed by atoms with Gasteiger partial charge in [0, 0.05) is 6.04 Å². The lowest BCUT2D eigenvalue weighted by Gasteiger charge is -2.13. The Balaban J connectivity index is 2.77. The highest BCUT2D eigenvalue weighted by Crippen LogP contribution is 2.16. The highest BCUT2D eigenvalue weighted by molar-refractivity contribution is 6.20. The summed E-state index contributed by atoms with van der Waals surface area (Å²) in [6, 6.07) is 9.82. The fraction of sp³-hybridized carbons (Fsp3) is 0.333. The smallest absolute Gasteiger partial charge is 0.0500 e. The second-order valence-corrected chi connectivity index (χ2v) is 3.30. The van der Waals surface area contributed by atoms with Crippen LogP contribution in [0.1, 0.15) is 18.5 Å². The third-order valence-corrected chi connectivity index (χ3v) is 1.95. The molecule has 0 saturated heterocycles. The normalized spacial score (nSPS) is 15.9. The van der Waals surface area contributed by atoms with E-state index in [4.69, 9.17) is 17.3 Å². The van der Waals surface area contributed by atoms with E-state index >= 15 is 0 Å². The first-order valence-electron chi connectivity index (χ1n) is 3.66. The first-order chi connectivity index (χ1) is 5.22. The van der Waals surface area contributed by atoms with Gasteiger partial charge in [-0.05, 0) is 12.5 Å². The monoisotopic (exact) mass is 169 g/mol. The van der Waals surface area contributed by atoms with Crippen molar-refractivity contribution in [2.45, 2.75) is 18.3 Å². The molecular weight excluding hydrogens is 158 g/mol. The van der Waals surface area contributed by atoms with Crippen LogP contribution in [0, 0.1) is 0 Å². The summed E-state index contributed by atoms with van der Waals surface area (Å²) in [5, 5.41) is -0.0163. The average molecular weight is 170 g/mol. The van der Waals surface area contributed by atoms with Gasteiger partial charge in [-0.1, -0.05) is 30.3 Å². The molecule has 0 saturated carbocycles. The van der Waals surface area contributed by atoms with E-state index in [-0.39, 0.29) is 11.4 Å². The Labute approximate surface area is 72.2 Å². The molecule has 1 aromatic rings. The van der Waals surface area contributed by atoms with E-state index in [0.717, 1.165) is 5.56 Å². The molecule has 0 aliphatic heterocycles. The topological polar surface area (TPSA) is 26.0 Å². The van der Waals surface area contributed by atoms with Crippen LogP contribution in [-0.2, 0) is 0 Å². The van der Waals surface area contributed by atoms with Crippen molar-refractivity contribution in [3.63, 3.8) is 0 Å². The van der Waals surface area contributed by atoms with Gasteiger partial charge in [0.15, 0.2) is 0 Å². The van der Waals surface area contributed by atoms with Gasteiger partial charge in [0.05, 0.1) is 5.38 Å². The number of rotatable bonds is 2. The summed E-state index contributed by atoms with van der Waals surface area (Å²) in [5.74, 6) is 0. The molecule has 0 aliphatic carbocycles. The Morgan fingerprint density at radius 1 is 1.27 bits per heavy atom. The van der Waals surface area contributed by atoms with Gasteiger partial charge in [0.1, 0.15) is 0 Å². The zero-order valence-electron chi connectivity index (χ0n) is 6.50. The molecule has 2 unspecified atom stereocenters. The number of hydrogen-bond donors (Lipinski definition) is 1. The van der Waals surface area contributed by atoms with Gasteiger partial charge >= 0.3 is 0 Å². The Bertz CT molecular complexity index is 208. The van der Waals surface area contributed by atoms with Crippen LogP contribution in [0.3, 0.4) is 0 Å². The summed E-state index contributed by atoms with van der Waals surface area (Å²) in [7, 11) is 0. The first kappa shape index (κ1) is 8.57. The number of alkyl halides is 1. The SMILES string of the molecule is CC(Cl)C(N)c1ccccc1. The third-order valence-electron chi connectivity index (χ3n) is 1.68. The van der Waals surface area contributed by atoms with Crippen molar-refractivity contribution < 1.29 is 0 Å². The molecule has 60 valence electrons. The summed E-state index contributed by atoms with van der Waals surface area (Å²) in [6.07, 6.45) is 0. The Morgan fingerprint density at radius 2 is 1.82 bits per heavy atom. The molecule has 0 heterocycles. The summed E-state index contributed by atoms with van der Waals surface area (Å²) < 4.78 is 0. The minimum Gasteiger partial charge on any atom is -0.323 e. The first-order valence-corrected chi connectivity index (χ1v) is 4.10. The number of halogens is 1. The zero-order valence-corrected chi connectivity index (χ0v) is 7.25. The van der Waals surface area contributed by atoms with E-state index < -0.39 is 0 Å². The fourth-order valence-corrected chi connectivity index (χ4v) is 1.09. The molecule has 0 aliphatic rings. The van der Waals surface area contributed by atoms with Crippen molar-refractivity contribution >= 4 is 11.6 Å². The highest BCUT2D eigenvalue weighted by atomic mass is 35.5. The lowest BCUT2D eigenvalue weighted by Crippen LogP contribution is -2.18. The van der Waals surface area contributed by atoms with Crippen LogP contribution in [-0.4, -0.2) is 5.38 Å². The Kier molecular flexibility index (Phi) is 2.92. The van der Waals surface area contributed by atoms with E-state index in [1.165, 1.54) is 0 Å². The molecule has 1 nitrogen and oxygen atoms in total. The zero-order chi connectivity index (χ0) is 8.27. The van der Waals surface area contributed by atoms with Crippen molar-refractivity contribution in [2.75, 3.05) is 0 Å². The van der Waals surface area contributed by atoms with E-state index in [9.17, 15) is 0 Å². The van der Waals surface area contributed by atoms with Crippen molar-refractivity contribution in [3.8, 4) is 0 Å². The van der Waals surface area contributed by atoms with Crippen LogP contribution in [0.5, 0.6) is 0 Å². The molecule has 11 heavy (non-hydrogen) atoms. The van der Waals surface area contributed by atoms with E-state index in [0.29, 0.717) is 0 Å². The van der Waals surface area contributed by atoms with Crippen LogP contribution in [0.4, 0.5) is 0 Å². The van der Waals surface area contributed by atoms with Crippen molar-refractivity contribution in [1.82, 2.24) is 0 Å². The van der Waals surface area contributed by atoms with Gasteiger partial charge in [0.2, 0.25) is 0 Å². The van der Waals surface area contributed by atoms with E-state index in [2.05, 4.69) is 0 Å². The molecule has 0 amide bonds. The van der Waals surface area contributed by atoms with Crippen LogP contribution in [0.2, 0.25) is 0 Å². The second kappa shape index (κ2) is 3.74. The molecule has 0 spiro atoms. The van der Waals surface area contributed by atoms with Crippen molar-refractivity contribution in [2.24, 2.45) is 5.73 Å². The van der Waals surface area contributed by atoms with Gasteiger partial charge in [-0.15, -0.1) is 11.6 Å². The average Bonchev–Trinajstić information content (AvgIpc) is 2.05. The predicted octanol–water partition coefficient (Wildman–Crippen LogP) is 2.31. The standard InChI is InChI=1S/C9H12ClN/c1-7(10)9(11)8-5-3-2-4-6-8/h2-7,9H,11H2,1H3. The largest absolute Gasteiger partial charge is 0.323 e. The Hall–Kier alpha value is -0.530. The number of nitrogens with two attached hydrogens (primary N) is 1. The fourth-order valence-electron chi connectivity index (χ4n) is 0.940. The number of benzene rings is 1. The summed E-state index contributed by atoms with van der Waals surface area (Å²) >= 11 is 5.84. The lowest BCUT2D eigenvalue weighted by molar-refractivity contribution is 0.707.